The smallest absolute Gasteiger partial charge is 0.255 e. The van der Waals surface area contributed by atoms with Crippen LogP contribution in [-0.2, 0) is 14.4 Å². The summed E-state index contributed by atoms with van der Waals surface area (Å²) in [6, 6.07) is 7.02. The molecular formula is C24H29N3O4. The molecule has 0 bridgehead atoms. The molecule has 0 radical (unpaired) electrons. The fourth-order valence-electron chi connectivity index (χ4n) is 4.74. The number of anilines is 1. The van der Waals surface area contributed by atoms with Crippen molar-refractivity contribution in [3.8, 4) is 0 Å². The van der Waals surface area contributed by atoms with Crippen LogP contribution in [0, 0.1) is 11.8 Å². The Hall–Kier alpha value is -2.96. The largest absolute Gasteiger partial charge is 0.339 e. The van der Waals surface area contributed by atoms with Gasteiger partial charge in [-0.15, -0.1) is 0 Å². The Morgan fingerprint density at radius 2 is 1.52 bits per heavy atom. The highest BCUT2D eigenvalue weighted by atomic mass is 16.2. The van der Waals surface area contributed by atoms with Gasteiger partial charge < -0.3 is 10.2 Å². The van der Waals surface area contributed by atoms with Crippen molar-refractivity contribution in [1.82, 2.24) is 9.80 Å². The van der Waals surface area contributed by atoms with Crippen molar-refractivity contribution in [2.75, 3.05) is 25.0 Å². The van der Waals surface area contributed by atoms with E-state index in [1.807, 2.05) is 17.1 Å². The lowest BCUT2D eigenvalue weighted by atomic mass is 9.85. The highest BCUT2D eigenvalue weighted by molar-refractivity contribution is 6.06. The molecule has 2 aliphatic heterocycles. The Balaban J connectivity index is 1.37. The molecule has 2 heterocycles. The SMILES string of the molecule is O=C(CCN1C(=O)[C@H]2CC=CC[C@H]2C1=O)Nc1ccccc1C(=O)N1CCCCCC1. The molecule has 1 aliphatic carbocycles. The molecular weight excluding hydrogens is 394 g/mol. The van der Waals surface area contributed by atoms with Crippen molar-refractivity contribution in [1.29, 1.82) is 0 Å². The average Bonchev–Trinajstić information content (AvgIpc) is 2.97. The molecule has 1 aromatic carbocycles. The predicted molar refractivity (Wildman–Crippen MR) is 116 cm³/mol. The molecule has 0 saturated carbocycles. The number of benzene rings is 1. The first-order chi connectivity index (χ1) is 15.1. The highest BCUT2D eigenvalue weighted by Gasteiger charge is 2.46. The van der Waals surface area contributed by atoms with Gasteiger partial charge in [0.1, 0.15) is 0 Å². The van der Waals surface area contributed by atoms with Crippen LogP contribution in [-0.4, -0.2) is 53.1 Å². The molecule has 2 saturated heterocycles. The molecule has 2 fully saturated rings. The van der Waals surface area contributed by atoms with Gasteiger partial charge in [-0.3, -0.25) is 24.1 Å². The Morgan fingerprint density at radius 3 is 2.16 bits per heavy atom. The van der Waals surface area contributed by atoms with E-state index in [0.29, 0.717) is 24.1 Å². The van der Waals surface area contributed by atoms with Crippen molar-refractivity contribution in [2.45, 2.75) is 44.9 Å². The standard InChI is InChI=1S/C24H29N3O4/c28-21(13-16-27-23(30)17-9-3-4-10-18(17)24(27)31)25-20-12-6-5-11-19(20)22(29)26-14-7-1-2-8-15-26/h3-6,11-12,17-18H,1-2,7-10,13-16H2,(H,25,28)/t17-,18+. The Morgan fingerprint density at radius 1 is 0.903 bits per heavy atom. The molecule has 4 amide bonds. The second-order valence-electron chi connectivity index (χ2n) is 8.53. The van der Waals surface area contributed by atoms with Crippen LogP contribution in [0.2, 0.25) is 0 Å². The topological polar surface area (TPSA) is 86.8 Å². The maximum Gasteiger partial charge on any atom is 0.255 e. The van der Waals surface area contributed by atoms with Crippen LogP contribution in [0.5, 0.6) is 0 Å². The summed E-state index contributed by atoms with van der Waals surface area (Å²) in [5, 5.41) is 2.81. The number of carbonyl (C=O) groups is 4. The number of likely N-dealkylation sites (tertiary alicyclic amines) is 2. The molecule has 0 unspecified atom stereocenters. The number of carbonyl (C=O) groups excluding carboxylic acids is 4. The zero-order valence-corrected chi connectivity index (χ0v) is 17.7. The Labute approximate surface area is 182 Å². The number of para-hydroxylation sites is 1. The molecule has 2 atom stereocenters. The third-order valence-electron chi connectivity index (χ3n) is 6.49. The van der Waals surface area contributed by atoms with E-state index in [1.165, 1.54) is 4.90 Å². The highest BCUT2D eigenvalue weighted by Crippen LogP contribution is 2.35. The van der Waals surface area contributed by atoms with Crippen LogP contribution in [0.4, 0.5) is 5.69 Å². The second kappa shape index (κ2) is 9.45. The van der Waals surface area contributed by atoms with E-state index < -0.39 is 0 Å². The van der Waals surface area contributed by atoms with Crippen LogP contribution in [0.1, 0.15) is 55.3 Å². The molecule has 164 valence electrons. The first kappa shape index (κ1) is 21.3. The van der Waals surface area contributed by atoms with Gasteiger partial charge in [0.2, 0.25) is 17.7 Å². The summed E-state index contributed by atoms with van der Waals surface area (Å²) in [7, 11) is 0. The van der Waals surface area contributed by atoms with Gasteiger partial charge in [0.05, 0.1) is 23.1 Å². The number of allylic oxidation sites excluding steroid dienone is 2. The van der Waals surface area contributed by atoms with Gasteiger partial charge in [-0.05, 0) is 37.8 Å². The van der Waals surface area contributed by atoms with Crippen molar-refractivity contribution < 1.29 is 19.2 Å². The van der Waals surface area contributed by atoms with Crippen molar-refractivity contribution in [3.05, 3.63) is 42.0 Å². The van der Waals surface area contributed by atoms with E-state index in [0.717, 1.165) is 38.8 Å². The minimum absolute atomic E-state index is 0.0105. The van der Waals surface area contributed by atoms with Crippen molar-refractivity contribution >= 4 is 29.3 Å². The van der Waals surface area contributed by atoms with Gasteiger partial charge in [-0.25, -0.2) is 0 Å². The van der Waals surface area contributed by atoms with Gasteiger partial charge in [0, 0.05) is 26.1 Å². The molecule has 7 nitrogen and oxygen atoms in total. The van der Waals surface area contributed by atoms with Crippen LogP contribution < -0.4 is 5.32 Å². The monoisotopic (exact) mass is 423 g/mol. The molecule has 0 aromatic heterocycles. The molecule has 1 N–H and O–H groups in total. The van der Waals surface area contributed by atoms with Crippen LogP contribution in [0.3, 0.4) is 0 Å². The Kier molecular flexibility index (Phi) is 6.49. The third kappa shape index (κ3) is 4.55. The third-order valence-corrected chi connectivity index (χ3v) is 6.49. The number of rotatable bonds is 5. The lowest BCUT2D eigenvalue weighted by molar-refractivity contribution is -0.140. The van der Waals surface area contributed by atoms with E-state index >= 15 is 0 Å². The molecule has 4 rings (SSSR count). The second-order valence-corrected chi connectivity index (χ2v) is 8.53. The normalized spacial score (nSPS) is 23.5. The molecule has 3 aliphatic rings. The first-order valence-corrected chi connectivity index (χ1v) is 11.2. The van der Waals surface area contributed by atoms with E-state index in [-0.39, 0.29) is 48.4 Å². The summed E-state index contributed by atoms with van der Waals surface area (Å²) < 4.78 is 0. The van der Waals surface area contributed by atoms with E-state index in [9.17, 15) is 19.2 Å². The first-order valence-electron chi connectivity index (χ1n) is 11.2. The number of nitrogens with zero attached hydrogens (tertiary/aromatic N) is 2. The quantitative estimate of drug-likeness (QED) is 0.583. The van der Waals surface area contributed by atoms with Crippen LogP contribution in [0.25, 0.3) is 0 Å². The van der Waals surface area contributed by atoms with E-state index in [1.54, 1.807) is 24.3 Å². The maximum absolute atomic E-state index is 13.0. The summed E-state index contributed by atoms with van der Waals surface area (Å²) in [6.07, 6.45) is 9.33. The fraction of sp³-hybridized carbons (Fsp3) is 0.500. The van der Waals surface area contributed by atoms with Crippen LogP contribution in [0.15, 0.2) is 36.4 Å². The van der Waals surface area contributed by atoms with Crippen molar-refractivity contribution in [2.24, 2.45) is 11.8 Å². The summed E-state index contributed by atoms with van der Waals surface area (Å²) in [4.78, 5) is 53.8. The minimum Gasteiger partial charge on any atom is -0.339 e. The maximum atomic E-state index is 13.0. The average molecular weight is 424 g/mol. The lowest BCUT2D eigenvalue weighted by Crippen LogP contribution is -2.34. The fourth-order valence-corrected chi connectivity index (χ4v) is 4.74. The van der Waals surface area contributed by atoms with Gasteiger partial charge in [-0.2, -0.15) is 0 Å². The van der Waals surface area contributed by atoms with Gasteiger partial charge in [0.25, 0.3) is 5.91 Å². The summed E-state index contributed by atoms with van der Waals surface area (Å²) >= 11 is 0. The van der Waals surface area contributed by atoms with E-state index in [4.69, 9.17) is 0 Å². The summed E-state index contributed by atoms with van der Waals surface area (Å²) in [6.45, 7) is 1.54. The number of nitrogens with one attached hydrogen (secondary N) is 1. The van der Waals surface area contributed by atoms with Crippen LogP contribution >= 0.6 is 0 Å². The number of amides is 4. The van der Waals surface area contributed by atoms with E-state index in [2.05, 4.69) is 5.32 Å². The summed E-state index contributed by atoms with van der Waals surface area (Å²) in [5.74, 6) is -1.31. The van der Waals surface area contributed by atoms with Gasteiger partial charge in [-0.1, -0.05) is 37.1 Å². The number of imide groups is 1. The van der Waals surface area contributed by atoms with Gasteiger partial charge >= 0.3 is 0 Å². The number of hydrogen-bond acceptors (Lipinski definition) is 4. The minimum atomic E-state index is -0.315. The van der Waals surface area contributed by atoms with Gasteiger partial charge in [0.15, 0.2) is 0 Å². The number of hydrogen-bond donors (Lipinski definition) is 1. The molecule has 1 aromatic rings. The lowest BCUT2D eigenvalue weighted by Gasteiger charge is -2.22. The molecule has 31 heavy (non-hydrogen) atoms. The zero-order valence-electron chi connectivity index (χ0n) is 17.7. The summed E-state index contributed by atoms with van der Waals surface area (Å²) in [5.41, 5.74) is 0.946. The zero-order chi connectivity index (χ0) is 21.8. The van der Waals surface area contributed by atoms with Crippen molar-refractivity contribution in [3.63, 3.8) is 0 Å². The Bertz CT molecular complexity index is 876. The number of fused-ring (bicyclic) bond motifs is 1. The molecule has 7 heteroatoms. The predicted octanol–water partition coefficient (Wildman–Crippen LogP) is 2.98. The molecule has 0 spiro atoms.